The van der Waals surface area contributed by atoms with Crippen LogP contribution in [-0.2, 0) is 0 Å². The highest BCUT2D eigenvalue weighted by Crippen LogP contribution is 2.22. The van der Waals surface area contributed by atoms with E-state index in [1.54, 1.807) is 29.3 Å². The molecule has 0 aliphatic rings. The number of hydrogen-bond donors (Lipinski definition) is 1. The molecule has 5 heteroatoms. The van der Waals surface area contributed by atoms with Crippen LogP contribution in [-0.4, -0.2) is 25.1 Å². The van der Waals surface area contributed by atoms with Gasteiger partial charge in [-0.15, -0.1) is 5.10 Å². The Hall–Kier alpha value is -2.53. The third kappa shape index (κ3) is 2.23. The topological polar surface area (TPSA) is 63.8 Å². The van der Waals surface area contributed by atoms with Crippen LogP contribution < -0.4 is 0 Å². The molecule has 0 saturated heterocycles. The lowest BCUT2D eigenvalue weighted by molar-refractivity contribution is 0.211. The van der Waals surface area contributed by atoms with Crippen LogP contribution >= 0.6 is 0 Å². The van der Waals surface area contributed by atoms with Crippen molar-refractivity contribution in [3.8, 4) is 5.69 Å². The number of aromatic nitrogens is 4. The molecule has 2 heterocycles. The van der Waals surface area contributed by atoms with Crippen LogP contribution in [0.4, 0.5) is 0 Å². The number of nitrogens with zero attached hydrogens (tertiary/aromatic N) is 4. The molecule has 0 radical (unpaired) electrons. The fraction of sp³-hybridized carbons (Fsp3) is 0.0714. The second-order valence-electron chi connectivity index (χ2n) is 4.10. The van der Waals surface area contributed by atoms with Gasteiger partial charge in [-0.3, -0.25) is 4.98 Å². The number of benzene rings is 1. The minimum atomic E-state index is -0.802. The van der Waals surface area contributed by atoms with E-state index in [0.717, 1.165) is 5.69 Å². The standard InChI is InChI=1S/C14H12N4O/c19-14(11-5-4-8-15-9-11)13-10-16-17-18(13)12-6-2-1-3-7-12/h1-10,14,19H. The first-order chi connectivity index (χ1) is 9.36. The Balaban J connectivity index is 2.01. The molecule has 0 bridgehead atoms. The maximum absolute atomic E-state index is 10.4. The van der Waals surface area contributed by atoms with Crippen molar-refractivity contribution in [2.24, 2.45) is 0 Å². The van der Waals surface area contributed by atoms with Crippen molar-refractivity contribution in [1.29, 1.82) is 0 Å². The van der Waals surface area contributed by atoms with Gasteiger partial charge in [-0.25, -0.2) is 4.68 Å². The van der Waals surface area contributed by atoms with Crippen LogP contribution in [0.1, 0.15) is 17.4 Å². The summed E-state index contributed by atoms with van der Waals surface area (Å²) in [5, 5.41) is 18.3. The van der Waals surface area contributed by atoms with Crippen LogP contribution in [0, 0.1) is 0 Å². The zero-order valence-corrected chi connectivity index (χ0v) is 10.1. The van der Waals surface area contributed by atoms with E-state index in [4.69, 9.17) is 0 Å². The van der Waals surface area contributed by atoms with Crippen molar-refractivity contribution >= 4 is 0 Å². The fourth-order valence-corrected chi connectivity index (χ4v) is 1.91. The Kier molecular flexibility index (Phi) is 3.04. The number of aliphatic hydroxyl groups is 1. The summed E-state index contributed by atoms with van der Waals surface area (Å²) < 4.78 is 1.62. The molecular weight excluding hydrogens is 240 g/mol. The molecule has 0 spiro atoms. The smallest absolute Gasteiger partial charge is 0.124 e. The van der Waals surface area contributed by atoms with Crippen LogP contribution in [0.15, 0.2) is 61.1 Å². The zero-order valence-electron chi connectivity index (χ0n) is 10.1. The molecule has 1 atom stereocenters. The third-order valence-corrected chi connectivity index (χ3v) is 2.86. The SMILES string of the molecule is OC(c1cccnc1)c1cnnn1-c1ccccc1. The molecule has 0 saturated carbocycles. The highest BCUT2D eigenvalue weighted by atomic mass is 16.3. The van der Waals surface area contributed by atoms with Crippen molar-refractivity contribution in [2.45, 2.75) is 6.10 Å². The van der Waals surface area contributed by atoms with Crippen molar-refractivity contribution in [3.05, 3.63) is 72.3 Å². The lowest BCUT2D eigenvalue weighted by Crippen LogP contribution is -2.08. The van der Waals surface area contributed by atoms with Gasteiger partial charge in [-0.2, -0.15) is 0 Å². The first kappa shape index (κ1) is 11.6. The van der Waals surface area contributed by atoms with E-state index in [1.165, 1.54) is 0 Å². The highest BCUT2D eigenvalue weighted by molar-refractivity contribution is 5.34. The quantitative estimate of drug-likeness (QED) is 0.771. The third-order valence-electron chi connectivity index (χ3n) is 2.86. The molecule has 1 N–H and O–H groups in total. The second-order valence-corrected chi connectivity index (χ2v) is 4.10. The molecule has 94 valence electrons. The summed E-state index contributed by atoms with van der Waals surface area (Å²) in [4.78, 5) is 4.01. The Bertz CT molecular complexity index is 651. The normalized spacial score (nSPS) is 12.3. The number of rotatable bonds is 3. The van der Waals surface area contributed by atoms with Crippen molar-refractivity contribution in [1.82, 2.24) is 20.0 Å². The molecule has 0 fully saturated rings. The average Bonchev–Trinajstić information content (AvgIpc) is 2.98. The molecule has 0 amide bonds. The summed E-state index contributed by atoms with van der Waals surface area (Å²) in [6, 6.07) is 13.2. The largest absolute Gasteiger partial charge is 0.382 e. The van der Waals surface area contributed by atoms with Crippen LogP contribution in [0.5, 0.6) is 0 Å². The minimum Gasteiger partial charge on any atom is -0.382 e. The van der Waals surface area contributed by atoms with Gasteiger partial charge in [0.05, 0.1) is 17.6 Å². The van der Waals surface area contributed by atoms with E-state index in [1.807, 2.05) is 36.4 Å². The lowest BCUT2D eigenvalue weighted by Gasteiger charge is -2.12. The summed E-state index contributed by atoms with van der Waals surface area (Å²) in [5.74, 6) is 0. The minimum absolute atomic E-state index is 0.610. The van der Waals surface area contributed by atoms with E-state index in [-0.39, 0.29) is 0 Å². The molecule has 0 aliphatic carbocycles. The average molecular weight is 252 g/mol. The molecule has 1 aromatic carbocycles. The van der Waals surface area contributed by atoms with E-state index >= 15 is 0 Å². The van der Waals surface area contributed by atoms with Gasteiger partial charge in [0.1, 0.15) is 6.10 Å². The predicted molar refractivity (Wildman–Crippen MR) is 69.7 cm³/mol. The van der Waals surface area contributed by atoms with E-state index in [2.05, 4.69) is 15.3 Å². The summed E-state index contributed by atoms with van der Waals surface area (Å²) in [6.07, 6.45) is 4.06. The van der Waals surface area contributed by atoms with Crippen molar-refractivity contribution < 1.29 is 5.11 Å². The maximum atomic E-state index is 10.4. The van der Waals surface area contributed by atoms with E-state index in [9.17, 15) is 5.11 Å². The predicted octanol–water partition coefficient (Wildman–Crippen LogP) is 1.74. The number of para-hydroxylation sites is 1. The van der Waals surface area contributed by atoms with Gasteiger partial charge in [-0.1, -0.05) is 29.5 Å². The maximum Gasteiger partial charge on any atom is 0.124 e. The first-order valence-corrected chi connectivity index (χ1v) is 5.90. The number of aliphatic hydroxyl groups excluding tert-OH is 1. The lowest BCUT2D eigenvalue weighted by atomic mass is 10.1. The van der Waals surface area contributed by atoms with Gasteiger partial charge in [-0.05, 0) is 18.2 Å². The van der Waals surface area contributed by atoms with Gasteiger partial charge >= 0.3 is 0 Å². The summed E-state index contributed by atoms with van der Waals surface area (Å²) in [7, 11) is 0. The second kappa shape index (κ2) is 4.99. The number of hydrogen-bond acceptors (Lipinski definition) is 4. The first-order valence-electron chi connectivity index (χ1n) is 5.90. The summed E-state index contributed by atoms with van der Waals surface area (Å²) in [6.45, 7) is 0. The van der Waals surface area contributed by atoms with Gasteiger partial charge in [0, 0.05) is 18.0 Å². The van der Waals surface area contributed by atoms with Crippen LogP contribution in [0.2, 0.25) is 0 Å². The fourth-order valence-electron chi connectivity index (χ4n) is 1.91. The van der Waals surface area contributed by atoms with Crippen LogP contribution in [0.25, 0.3) is 5.69 Å². The van der Waals surface area contributed by atoms with E-state index < -0.39 is 6.10 Å². The highest BCUT2D eigenvalue weighted by Gasteiger charge is 2.17. The Morgan fingerprint density at radius 2 is 1.84 bits per heavy atom. The molecule has 0 aliphatic heterocycles. The van der Waals surface area contributed by atoms with E-state index in [0.29, 0.717) is 11.3 Å². The van der Waals surface area contributed by atoms with Gasteiger partial charge in [0.2, 0.25) is 0 Å². The van der Waals surface area contributed by atoms with Crippen LogP contribution in [0.3, 0.4) is 0 Å². The Morgan fingerprint density at radius 3 is 2.58 bits per heavy atom. The van der Waals surface area contributed by atoms with Gasteiger partial charge in [0.15, 0.2) is 0 Å². The molecule has 3 rings (SSSR count). The van der Waals surface area contributed by atoms with Crippen molar-refractivity contribution in [3.63, 3.8) is 0 Å². The van der Waals surface area contributed by atoms with Crippen molar-refractivity contribution in [2.75, 3.05) is 0 Å². The molecular formula is C14H12N4O. The Morgan fingerprint density at radius 1 is 1.00 bits per heavy atom. The van der Waals surface area contributed by atoms with Gasteiger partial charge < -0.3 is 5.11 Å². The molecule has 19 heavy (non-hydrogen) atoms. The molecule has 5 nitrogen and oxygen atoms in total. The van der Waals surface area contributed by atoms with Gasteiger partial charge in [0.25, 0.3) is 0 Å². The number of pyridine rings is 1. The molecule has 1 unspecified atom stereocenters. The molecule has 2 aromatic heterocycles. The zero-order chi connectivity index (χ0) is 13.1. The Labute approximate surface area is 110 Å². The molecule has 3 aromatic rings. The monoisotopic (exact) mass is 252 g/mol. The summed E-state index contributed by atoms with van der Waals surface area (Å²) >= 11 is 0. The summed E-state index contributed by atoms with van der Waals surface area (Å²) in [5.41, 5.74) is 2.18.